The van der Waals surface area contributed by atoms with Gasteiger partial charge in [-0.15, -0.1) is 0 Å². The molecule has 0 saturated heterocycles. The van der Waals surface area contributed by atoms with E-state index in [0.717, 1.165) is 31.1 Å². The third kappa shape index (κ3) is 7.75. The third-order valence-electron chi connectivity index (χ3n) is 5.49. The number of nitrogens with one attached hydrogen (secondary N) is 4. The Bertz CT molecular complexity index is 1100. The van der Waals surface area contributed by atoms with E-state index in [1.165, 1.54) is 0 Å². The second-order valence-electron chi connectivity index (χ2n) is 7.82. The summed E-state index contributed by atoms with van der Waals surface area (Å²) in [5.41, 5.74) is 2.47. The molecule has 0 heterocycles. The Hall–Kier alpha value is -4.04. The van der Waals surface area contributed by atoms with Crippen molar-refractivity contribution in [3.8, 4) is 11.5 Å². The van der Waals surface area contributed by atoms with Crippen molar-refractivity contribution in [2.24, 2.45) is 0 Å². The molecule has 0 aromatic heterocycles. The summed E-state index contributed by atoms with van der Waals surface area (Å²) in [4.78, 5) is 27.1. The van der Waals surface area contributed by atoms with Gasteiger partial charge in [-0.2, -0.15) is 0 Å². The van der Waals surface area contributed by atoms with E-state index >= 15 is 0 Å². The minimum Gasteiger partial charge on any atom is -0.455 e. The highest BCUT2D eigenvalue weighted by Crippen LogP contribution is 2.31. The number of rotatable bonds is 11. The minimum absolute atomic E-state index is 0.134. The number of hydrogen-bond donors (Lipinski definition) is 4. The second kappa shape index (κ2) is 13.0. The molecule has 0 spiro atoms. The fourth-order valence-electron chi connectivity index (χ4n) is 3.48. The highest BCUT2D eigenvalue weighted by Gasteiger charge is 2.10. The van der Waals surface area contributed by atoms with Gasteiger partial charge in [0.1, 0.15) is 5.75 Å². The number of urea groups is 1. The zero-order valence-electron chi connectivity index (χ0n) is 20.4. The van der Waals surface area contributed by atoms with E-state index in [1.807, 2.05) is 30.3 Å². The standard InChI is InChI=1S/C27H33N5O3/c1-4-32(5-2)18-17-29-26(33)20-11-13-21(14-12-20)30-27(34)31-22-15-16-25(24(19-22)28-3)35-23-9-7-6-8-10-23/h6-16,19,28H,4-5,17-18H2,1-3H3,(H,29,33)(H2,30,31,34). The van der Waals surface area contributed by atoms with Crippen LogP contribution in [0.25, 0.3) is 0 Å². The number of carbonyl (C=O) groups excluding carboxylic acids is 2. The normalized spacial score (nSPS) is 10.5. The van der Waals surface area contributed by atoms with Crippen LogP contribution in [0.2, 0.25) is 0 Å². The largest absolute Gasteiger partial charge is 0.455 e. The van der Waals surface area contributed by atoms with Crippen molar-refractivity contribution in [1.29, 1.82) is 0 Å². The smallest absolute Gasteiger partial charge is 0.323 e. The molecule has 0 saturated carbocycles. The summed E-state index contributed by atoms with van der Waals surface area (Å²) >= 11 is 0. The summed E-state index contributed by atoms with van der Waals surface area (Å²) in [6.07, 6.45) is 0. The Morgan fingerprint density at radius 2 is 1.51 bits per heavy atom. The number of benzene rings is 3. The minimum atomic E-state index is -0.389. The quantitative estimate of drug-likeness (QED) is 0.304. The van der Waals surface area contributed by atoms with Crippen molar-refractivity contribution in [2.45, 2.75) is 13.8 Å². The van der Waals surface area contributed by atoms with Gasteiger partial charge in [0.05, 0.1) is 5.69 Å². The van der Waals surface area contributed by atoms with E-state index in [4.69, 9.17) is 4.74 Å². The van der Waals surface area contributed by atoms with Gasteiger partial charge in [-0.25, -0.2) is 4.79 Å². The lowest BCUT2D eigenvalue weighted by atomic mass is 10.2. The number of para-hydroxylation sites is 1. The molecule has 3 aromatic rings. The number of ether oxygens (including phenoxy) is 1. The van der Waals surface area contributed by atoms with E-state index in [9.17, 15) is 9.59 Å². The Balaban J connectivity index is 1.53. The lowest BCUT2D eigenvalue weighted by Gasteiger charge is -2.18. The Morgan fingerprint density at radius 3 is 2.17 bits per heavy atom. The molecular formula is C27H33N5O3. The van der Waals surface area contributed by atoms with Crippen LogP contribution in [0.4, 0.5) is 21.9 Å². The third-order valence-corrected chi connectivity index (χ3v) is 5.49. The van der Waals surface area contributed by atoms with Gasteiger partial charge in [0.2, 0.25) is 0 Å². The zero-order chi connectivity index (χ0) is 25.0. The number of hydrogen-bond acceptors (Lipinski definition) is 5. The summed E-state index contributed by atoms with van der Waals surface area (Å²) in [5, 5.41) is 11.6. The second-order valence-corrected chi connectivity index (χ2v) is 7.82. The average Bonchev–Trinajstić information content (AvgIpc) is 2.88. The summed E-state index contributed by atoms with van der Waals surface area (Å²) in [6.45, 7) is 7.51. The summed E-state index contributed by atoms with van der Waals surface area (Å²) in [6, 6.07) is 21.2. The molecule has 8 heteroatoms. The summed E-state index contributed by atoms with van der Waals surface area (Å²) in [7, 11) is 1.79. The van der Waals surface area contributed by atoms with Crippen molar-refractivity contribution in [3.63, 3.8) is 0 Å². The highest BCUT2D eigenvalue weighted by atomic mass is 16.5. The molecule has 3 rings (SSSR count). The highest BCUT2D eigenvalue weighted by molar-refractivity contribution is 6.01. The van der Waals surface area contributed by atoms with Crippen LogP contribution in [-0.4, -0.2) is 50.1 Å². The Labute approximate surface area is 206 Å². The van der Waals surface area contributed by atoms with Gasteiger partial charge in [-0.05, 0) is 67.7 Å². The molecule has 0 aliphatic carbocycles. The molecule has 3 amide bonds. The molecule has 184 valence electrons. The van der Waals surface area contributed by atoms with Crippen molar-refractivity contribution < 1.29 is 14.3 Å². The first-order valence-corrected chi connectivity index (χ1v) is 11.8. The van der Waals surface area contributed by atoms with Crippen LogP contribution < -0.4 is 26.0 Å². The van der Waals surface area contributed by atoms with E-state index in [0.29, 0.717) is 29.2 Å². The molecule has 0 aliphatic heterocycles. The van der Waals surface area contributed by atoms with Crippen LogP contribution >= 0.6 is 0 Å². The van der Waals surface area contributed by atoms with E-state index in [-0.39, 0.29) is 11.9 Å². The van der Waals surface area contributed by atoms with Gasteiger partial charge >= 0.3 is 6.03 Å². The van der Waals surface area contributed by atoms with E-state index in [1.54, 1.807) is 49.5 Å². The van der Waals surface area contributed by atoms with Crippen LogP contribution in [0.3, 0.4) is 0 Å². The molecule has 0 unspecified atom stereocenters. The van der Waals surface area contributed by atoms with E-state index < -0.39 is 0 Å². The molecule has 0 radical (unpaired) electrons. The molecule has 3 aromatic carbocycles. The monoisotopic (exact) mass is 475 g/mol. The van der Waals surface area contributed by atoms with E-state index in [2.05, 4.69) is 40.0 Å². The topological polar surface area (TPSA) is 94.7 Å². The van der Waals surface area contributed by atoms with Gasteiger partial charge in [-0.1, -0.05) is 32.0 Å². The summed E-state index contributed by atoms with van der Waals surface area (Å²) < 4.78 is 5.91. The number of anilines is 3. The fourth-order valence-corrected chi connectivity index (χ4v) is 3.48. The molecule has 0 atom stereocenters. The van der Waals surface area contributed by atoms with Crippen molar-refractivity contribution >= 4 is 29.0 Å². The van der Waals surface area contributed by atoms with Crippen LogP contribution in [-0.2, 0) is 0 Å². The van der Waals surface area contributed by atoms with Gasteiger partial charge in [0, 0.05) is 37.1 Å². The molecule has 35 heavy (non-hydrogen) atoms. The maximum atomic E-state index is 12.5. The van der Waals surface area contributed by atoms with Crippen LogP contribution in [0.5, 0.6) is 11.5 Å². The first kappa shape index (κ1) is 25.6. The molecular weight excluding hydrogens is 442 g/mol. The zero-order valence-corrected chi connectivity index (χ0v) is 20.4. The van der Waals surface area contributed by atoms with Gasteiger partial charge < -0.3 is 30.9 Å². The van der Waals surface area contributed by atoms with Gasteiger partial charge in [0.25, 0.3) is 5.91 Å². The predicted molar refractivity (Wildman–Crippen MR) is 142 cm³/mol. The van der Waals surface area contributed by atoms with Crippen molar-refractivity contribution in [2.75, 3.05) is 49.2 Å². The Kier molecular flexibility index (Phi) is 9.50. The first-order valence-electron chi connectivity index (χ1n) is 11.8. The Morgan fingerprint density at radius 1 is 0.857 bits per heavy atom. The van der Waals surface area contributed by atoms with Crippen molar-refractivity contribution in [1.82, 2.24) is 10.2 Å². The SMILES string of the molecule is CCN(CC)CCNC(=O)c1ccc(NC(=O)Nc2ccc(Oc3ccccc3)c(NC)c2)cc1. The first-order chi connectivity index (χ1) is 17.0. The number of amides is 3. The maximum Gasteiger partial charge on any atom is 0.323 e. The molecule has 8 nitrogen and oxygen atoms in total. The van der Waals surface area contributed by atoms with Crippen molar-refractivity contribution in [3.05, 3.63) is 78.4 Å². The lowest BCUT2D eigenvalue weighted by molar-refractivity contribution is 0.0949. The predicted octanol–water partition coefficient (Wildman–Crippen LogP) is 5.24. The summed E-state index contributed by atoms with van der Waals surface area (Å²) in [5.74, 6) is 1.24. The van der Waals surface area contributed by atoms with Crippen LogP contribution in [0, 0.1) is 0 Å². The molecule has 0 fully saturated rings. The number of nitrogens with zero attached hydrogens (tertiary/aromatic N) is 1. The number of likely N-dealkylation sites (N-methyl/N-ethyl adjacent to an activating group) is 1. The molecule has 4 N–H and O–H groups in total. The van der Waals surface area contributed by atoms with Crippen LogP contribution in [0.1, 0.15) is 24.2 Å². The lowest BCUT2D eigenvalue weighted by Crippen LogP contribution is -2.34. The molecule has 0 aliphatic rings. The van der Waals surface area contributed by atoms with Gasteiger partial charge in [0.15, 0.2) is 5.75 Å². The van der Waals surface area contributed by atoms with Gasteiger partial charge in [-0.3, -0.25) is 4.79 Å². The molecule has 0 bridgehead atoms. The fraction of sp³-hybridized carbons (Fsp3) is 0.259. The number of carbonyl (C=O) groups is 2. The maximum absolute atomic E-state index is 12.5. The van der Waals surface area contributed by atoms with Crippen LogP contribution in [0.15, 0.2) is 72.8 Å². The average molecular weight is 476 g/mol.